The van der Waals surface area contributed by atoms with Gasteiger partial charge in [-0.1, -0.05) is 0 Å². The number of rotatable bonds is 4. The van der Waals surface area contributed by atoms with Crippen molar-refractivity contribution < 1.29 is 14.6 Å². The van der Waals surface area contributed by atoms with Crippen LogP contribution < -0.4 is 0 Å². The van der Waals surface area contributed by atoms with E-state index >= 15 is 0 Å². The van der Waals surface area contributed by atoms with E-state index in [-0.39, 0.29) is 11.8 Å². The maximum absolute atomic E-state index is 13.0. The Morgan fingerprint density at radius 3 is 2.62 bits per heavy atom. The number of aromatic nitrogens is 1. The monoisotopic (exact) mass is 333 g/mol. The fraction of sp³-hybridized carbons (Fsp3) is 0.667. The topological polar surface area (TPSA) is 65.9 Å². The molecule has 6 nitrogen and oxygen atoms in total. The first-order valence-electron chi connectivity index (χ1n) is 8.67. The lowest BCUT2D eigenvalue weighted by atomic mass is 9.97. The summed E-state index contributed by atoms with van der Waals surface area (Å²) in [7, 11) is 0. The number of β-amino-alcohol motifs (C(OH)–C–C–N with tert-alkyl or cyclic N) is 1. The van der Waals surface area contributed by atoms with E-state index in [0.29, 0.717) is 26.3 Å². The molecule has 6 heteroatoms. The van der Waals surface area contributed by atoms with Crippen molar-refractivity contribution >= 4 is 5.91 Å². The van der Waals surface area contributed by atoms with E-state index in [1.54, 1.807) is 12.4 Å². The summed E-state index contributed by atoms with van der Waals surface area (Å²) in [5.74, 6) is 0.178. The third kappa shape index (κ3) is 3.61. The predicted octanol–water partition coefficient (Wildman–Crippen LogP) is 0.554. The van der Waals surface area contributed by atoms with Gasteiger partial charge in [-0.25, -0.2) is 0 Å². The Hall–Kier alpha value is -1.50. The Labute approximate surface area is 143 Å². The molecule has 3 rings (SSSR count). The number of pyridine rings is 1. The second-order valence-corrected chi connectivity index (χ2v) is 7.26. The molecular formula is C18H27N3O3. The van der Waals surface area contributed by atoms with Crippen LogP contribution in [0.5, 0.6) is 0 Å². The van der Waals surface area contributed by atoms with Gasteiger partial charge in [0.1, 0.15) is 0 Å². The molecule has 24 heavy (non-hydrogen) atoms. The van der Waals surface area contributed by atoms with Gasteiger partial charge in [0.05, 0.1) is 24.9 Å². The van der Waals surface area contributed by atoms with Crippen molar-refractivity contribution in [2.24, 2.45) is 5.92 Å². The molecule has 2 atom stereocenters. The average Bonchev–Trinajstić information content (AvgIpc) is 2.96. The van der Waals surface area contributed by atoms with Gasteiger partial charge in [-0.15, -0.1) is 0 Å². The second kappa shape index (κ2) is 7.17. The van der Waals surface area contributed by atoms with Crippen LogP contribution in [0.2, 0.25) is 0 Å². The van der Waals surface area contributed by atoms with Gasteiger partial charge in [0.15, 0.2) is 0 Å². The Morgan fingerprint density at radius 1 is 1.29 bits per heavy atom. The van der Waals surface area contributed by atoms with Crippen molar-refractivity contribution in [2.75, 3.05) is 39.4 Å². The summed E-state index contributed by atoms with van der Waals surface area (Å²) in [5, 5.41) is 10.4. The van der Waals surface area contributed by atoms with Gasteiger partial charge >= 0.3 is 0 Å². The van der Waals surface area contributed by atoms with Crippen LogP contribution in [-0.4, -0.2) is 76.8 Å². The van der Waals surface area contributed by atoms with Crippen molar-refractivity contribution in [2.45, 2.75) is 31.9 Å². The Bertz CT molecular complexity index is 558. The van der Waals surface area contributed by atoms with Gasteiger partial charge in [0.25, 0.3) is 0 Å². The number of hydrogen-bond acceptors (Lipinski definition) is 5. The number of hydrogen-bond donors (Lipinski definition) is 1. The molecule has 0 spiro atoms. The van der Waals surface area contributed by atoms with Crippen molar-refractivity contribution in [1.29, 1.82) is 0 Å². The number of amides is 1. The Kier molecular flexibility index (Phi) is 5.18. The lowest BCUT2D eigenvalue weighted by Crippen LogP contribution is -2.58. The molecule has 2 aliphatic heterocycles. The highest BCUT2D eigenvalue weighted by Gasteiger charge is 2.42. The number of ether oxygens (including phenoxy) is 1. The highest BCUT2D eigenvalue weighted by molar-refractivity contribution is 5.85. The molecule has 0 saturated carbocycles. The summed E-state index contributed by atoms with van der Waals surface area (Å²) < 4.78 is 5.39. The van der Waals surface area contributed by atoms with Crippen LogP contribution >= 0.6 is 0 Å². The summed E-state index contributed by atoms with van der Waals surface area (Å²) in [5.41, 5.74) is 0.588. The van der Waals surface area contributed by atoms with Gasteiger partial charge in [-0.05, 0) is 38.0 Å². The number of carbonyl (C=O) groups excluding carboxylic acids is 1. The Balaban J connectivity index is 1.63. The molecule has 2 aliphatic rings. The minimum Gasteiger partial charge on any atom is -0.391 e. The van der Waals surface area contributed by atoms with Gasteiger partial charge in [0.2, 0.25) is 5.91 Å². The van der Waals surface area contributed by atoms with Crippen molar-refractivity contribution in [3.05, 3.63) is 30.1 Å². The van der Waals surface area contributed by atoms with Crippen LogP contribution in [-0.2, 0) is 16.0 Å². The highest BCUT2D eigenvalue weighted by Crippen LogP contribution is 2.26. The highest BCUT2D eigenvalue weighted by atomic mass is 16.5. The van der Waals surface area contributed by atoms with Crippen molar-refractivity contribution in [3.63, 3.8) is 0 Å². The summed E-state index contributed by atoms with van der Waals surface area (Å²) in [6.07, 6.45) is 3.83. The van der Waals surface area contributed by atoms with E-state index in [0.717, 1.165) is 25.1 Å². The third-order valence-corrected chi connectivity index (χ3v) is 5.27. The number of likely N-dealkylation sites (tertiary alicyclic amines) is 1. The van der Waals surface area contributed by atoms with Crippen molar-refractivity contribution in [3.8, 4) is 0 Å². The molecule has 2 fully saturated rings. The first kappa shape index (κ1) is 17.3. The molecule has 0 aromatic carbocycles. The summed E-state index contributed by atoms with van der Waals surface area (Å²) >= 11 is 0. The first-order valence-corrected chi connectivity index (χ1v) is 8.67. The molecule has 0 aliphatic carbocycles. The lowest BCUT2D eigenvalue weighted by Gasteiger charge is -2.41. The van der Waals surface area contributed by atoms with E-state index in [2.05, 4.69) is 9.88 Å². The fourth-order valence-electron chi connectivity index (χ4n) is 3.69. The normalized spacial score (nSPS) is 25.9. The first-order chi connectivity index (χ1) is 11.5. The van der Waals surface area contributed by atoms with Crippen LogP contribution in [0.1, 0.15) is 19.4 Å². The molecule has 0 radical (unpaired) electrons. The third-order valence-electron chi connectivity index (χ3n) is 5.27. The molecule has 1 N–H and O–H groups in total. The molecule has 1 aromatic rings. The zero-order valence-electron chi connectivity index (χ0n) is 14.5. The van der Waals surface area contributed by atoms with E-state index in [1.807, 2.05) is 30.9 Å². The quantitative estimate of drug-likeness (QED) is 0.872. The Morgan fingerprint density at radius 2 is 1.96 bits per heavy atom. The number of morpholine rings is 1. The second-order valence-electron chi connectivity index (χ2n) is 7.26. The lowest BCUT2D eigenvalue weighted by molar-refractivity contribution is -0.144. The number of aliphatic hydroxyl groups excluding tert-OH is 1. The maximum atomic E-state index is 13.0. The van der Waals surface area contributed by atoms with Gasteiger partial charge in [0, 0.05) is 44.5 Å². The molecule has 0 unspecified atom stereocenters. The van der Waals surface area contributed by atoms with Crippen LogP contribution in [0.4, 0.5) is 0 Å². The summed E-state index contributed by atoms with van der Waals surface area (Å²) in [6.45, 7) is 7.87. The smallest absolute Gasteiger partial charge is 0.242 e. The summed E-state index contributed by atoms with van der Waals surface area (Å²) in [6, 6.07) is 3.93. The number of carbonyl (C=O) groups is 1. The fourth-order valence-corrected chi connectivity index (χ4v) is 3.69. The van der Waals surface area contributed by atoms with E-state index in [9.17, 15) is 9.90 Å². The molecule has 1 amide bonds. The van der Waals surface area contributed by atoms with Crippen LogP contribution in [0.3, 0.4) is 0 Å². The zero-order valence-corrected chi connectivity index (χ0v) is 14.5. The van der Waals surface area contributed by atoms with E-state index in [1.165, 1.54) is 0 Å². The zero-order chi connectivity index (χ0) is 17.2. The summed E-state index contributed by atoms with van der Waals surface area (Å²) in [4.78, 5) is 21.1. The molecule has 3 heterocycles. The van der Waals surface area contributed by atoms with Crippen LogP contribution in [0.25, 0.3) is 0 Å². The number of aliphatic hydroxyl groups is 1. The maximum Gasteiger partial charge on any atom is 0.242 e. The van der Waals surface area contributed by atoms with Crippen molar-refractivity contribution in [1.82, 2.24) is 14.8 Å². The molecular weight excluding hydrogens is 306 g/mol. The van der Waals surface area contributed by atoms with Gasteiger partial charge in [-0.3, -0.25) is 14.7 Å². The number of nitrogens with zero attached hydrogens (tertiary/aromatic N) is 3. The molecule has 0 bridgehead atoms. The van der Waals surface area contributed by atoms with Gasteiger partial charge in [-0.2, -0.15) is 0 Å². The largest absolute Gasteiger partial charge is 0.391 e. The minimum absolute atomic E-state index is 0.0804. The standard InChI is InChI=1S/C18H27N3O3/c1-18(2,21-7-9-24-10-8-21)17(23)20-12-15(16(22)13-20)11-14-3-5-19-6-4-14/h3-6,15-16,22H,7-13H2,1-2H3/t15-,16-/m1/s1. The minimum atomic E-state index is -0.560. The van der Waals surface area contributed by atoms with Crippen LogP contribution in [0, 0.1) is 5.92 Å². The molecule has 1 aromatic heterocycles. The average molecular weight is 333 g/mol. The van der Waals surface area contributed by atoms with E-state index < -0.39 is 11.6 Å². The molecule has 132 valence electrons. The van der Waals surface area contributed by atoms with Gasteiger partial charge < -0.3 is 14.7 Å². The molecule has 2 saturated heterocycles. The van der Waals surface area contributed by atoms with Crippen LogP contribution in [0.15, 0.2) is 24.5 Å². The van der Waals surface area contributed by atoms with E-state index in [4.69, 9.17) is 4.74 Å². The SMILES string of the molecule is CC(C)(C(=O)N1C[C@@H](Cc2ccncc2)[C@H](O)C1)N1CCOCC1. The predicted molar refractivity (Wildman–Crippen MR) is 90.5 cm³/mol.